The van der Waals surface area contributed by atoms with Crippen LogP contribution in [0.1, 0.15) is 177 Å². The largest absolute Gasteiger partial charge is 0.503 e. The van der Waals surface area contributed by atoms with Gasteiger partial charge in [0.25, 0.3) is 0 Å². The van der Waals surface area contributed by atoms with Gasteiger partial charge in [0, 0.05) is 3.57 Å². The van der Waals surface area contributed by atoms with Gasteiger partial charge in [-0.05, 0) is 260 Å². The Labute approximate surface area is 461 Å². The second-order valence-electron chi connectivity index (χ2n) is 26.9. The van der Waals surface area contributed by atoms with Crippen LogP contribution in [0, 0.1) is 131 Å². The minimum Gasteiger partial charge on any atom is -0.503 e. The van der Waals surface area contributed by atoms with Gasteiger partial charge in [-0.3, -0.25) is 0 Å². The maximum absolute atomic E-state index is 13.7. The molecule has 0 heterocycles. The molecule has 6 N–H and O–H groups in total. The fourth-order valence-corrected chi connectivity index (χ4v) is 20.6. The van der Waals surface area contributed by atoms with E-state index in [0.29, 0.717) is 91.0 Å². The number of hydrogen-bond acceptors (Lipinski definition) is 6. The van der Waals surface area contributed by atoms with Gasteiger partial charge in [-0.15, -0.1) is 6.58 Å². The van der Waals surface area contributed by atoms with E-state index in [0.717, 1.165) is 82.3 Å². The highest BCUT2D eigenvalue weighted by Gasteiger charge is 2.66. The minimum atomic E-state index is -0.935. The van der Waals surface area contributed by atoms with E-state index in [2.05, 4.69) is 68.0 Å². The summed E-state index contributed by atoms with van der Waals surface area (Å²) < 4.78 is 52.6. The number of allylic oxidation sites excluding steroid dienone is 2. The zero-order valence-corrected chi connectivity index (χ0v) is 48.6. The summed E-state index contributed by atoms with van der Waals surface area (Å²) >= 11 is 1.76. The third kappa shape index (κ3) is 10.7. The summed E-state index contributed by atoms with van der Waals surface area (Å²) in [5.74, 6) is 1.68. The lowest BCUT2D eigenvalue weighted by atomic mass is 9.41. The average Bonchev–Trinajstić information content (AvgIpc) is 3.91. The number of phenolic OH excluding ortho intramolecular Hbond substituents is 2. The third-order valence-electron chi connectivity index (χ3n) is 23.7. The van der Waals surface area contributed by atoms with Crippen molar-refractivity contribution >= 4 is 28.7 Å². The van der Waals surface area contributed by atoms with Crippen molar-refractivity contribution in [1.29, 1.82) is 0 Å². The van der Waals surface area contributed by atoms with Gasteiger partial charge < -0.3 is 30.6 Å². The maximum Gasteiger partial charge on any atom is 0.187 e. The summed E-state index contributed by atoms with van der Waals surface area (Å²) in [6.07, 6.45) is 24.8. The number of fused-ring (bicyclic) bond motifs is 10. The van der Waals surface area contributed by atoms with Crippen molar-refractivity contribution in [2.75, 3.05) is 0 Å². The van der Waals surface area contributed by atoms with Gasteiger partial charge in [-0.25, -0.2) is 17.6 Å². The molecule has 420 valence electrons. The van der Waals surface area contributed by atoms with Gasteiger partial charge in [0.15, 0.2) is 34.8 Å². The molecule has 8 aliphatic carbocycles. The van der Waals surface area contributed by atoms with Crippen LogP contribution >= 0.6 is 22.6 Å². The molecule has 6 nitrogen and oxygen atoms in total. The number of aromatic hydroxyl groups is 2. The molecule has 11 heteroatoms. The Bertz CT molecular complexity index is 2300. The second-order valence-corrected chi connectivity index (χ2v) is 28.2. The van der Waals surface area contributed by atoms with Crippen molar-refractivity contribution in [3.8, 4) is 11.5 Å². The van der Waals surface area contributed by atoms with E-state index in [1.165, 1.54) is 63.5 Å². The Hall–Kier alpha value is -2.19. The lowest BCUT2D eigenvalue weighted by molar-refractivity contribution is -0.203. The standard InChI is InChI=1S/C32H46F2O3.C26H44O2.C6H3F2IO/c1-5-21-25-17-20(35)11-13-32(25,4)24-12-14-31(3)22(9-10-23(31)28(24)29(21)36)18(2)7-6-8-19-15-26(33)30(37)27(34)16-19;1-6-8-16(3)19-9-10-20-23-21(12-14-25(19,20)4)26(5)13-11-17(27)15-22(26)18(7-2)24(23)28;7-4-1-3(9)2-5(8)6(4)10/h6,8,15-16,18,20-25,28-29,35-37H,5,7,9-14,17H2,1-4H3;6,16-24,27-28H,1,7-15H2,2-5H3;1-2,10H/b8-6+;;/t18-,20-,21-,22-,23+,24+,25+,28+,29-,31-,32-;16-,17-,18-,19-,20+,21+,22+,23+,24-,25-,26-;/m11./s1. The van der Waals surface area contributed by atoms with E-state index in [-0.39, 0.29) is 41.2 Å². The molecule has 0 unspecified atom stereocenters. The number of aliphatic hydroxyl groups excluding tert-OH is 4. The smallest absolute Gasteiger partial charge is 0.187 e. The average molecular weight is 1160 g/mol. The highest BCUT2D eigenvalue weighted by atomic mass is 127. The first-order chi connectivity index (χ1) is 35.4. The molecule has 0 radical (unpaired) electrons. The monoisotopic (exact) mass is 1160 g/mol. The predicted molar refractivity (Wildman–Crippen MR) is 299 cm³/mol. The molecule has 0 amide bonds. The van der Waals surface area contributed by atoms with Crippen molar-refractivity contribution in [3.63, 3.8) is 0 Å². The van der Waals surface area contributed by atoms with E-state index < -0.39 is 34.8 Å². The second kappa shape index (κ2) is 23.1. The molecule has 8 fully saturated rings. The molecule has 10 rings (SSSR count). The quantitative estimate of drug-likeness (QED) is 0.0845. The summed E-state index contributed by atoms with van der Waals surface area (Å²) in [6.45, 7) is 23.3. The molecule has 0 spiro atoms. The maximum atomic E-state index is 13.7. The molecule has 8 saturated carbocycles. The molecule has 2 aromatic carbocycles. The van der Waals surface area contributed by atoms with Crippen molar-refractivity contribution in [2.45, 2.75) is 195 Å². The molecule has 0 bridgehead atoms. The highest BCUT2D eigenvalue weighted by Crippen LogP contribution is 2.71. The number of halogens is 5. The molecule has 75 heavy (non-hydrogen) atoms. The van der Waals surface area contributed by atoms with E-state index in [1.54, 1.807) is 28.7 Å². The predicted octanol–water partition coefficient (Wildman–Crippen LogP) is 15.4. The summed E-state index contributed by atoms with van der Waals surface area (Å²) in [4.78, 5) is 0. The van der Waals surface area contributed by atoms with E-state index in [1.807, 2.05) is 6.08 Å². The van der Waals surface area contributed by atoms with Gasteiger partial charge in [0.2, 0.25) is 0 Å². The van der Waals surface area contributed by atoms with E-state index in [4.69, 9.17) is 5.11 Å². The van der Waals surface area contributed by atoms with Crippen molar-refractivity contribution in [3.05, 3.63) is 75.4 Å². The zero-order chi connectivity index (χ0) is 54.7. The molecule has 8 aliphatic rings. The number of benzene rings is 2. The van der Waals surface area contributed by atoms with Crippen LogP contribution in [0.3, 0.4) is 0 Å². The molecule has 0 aromatic heterocycles. The number of aliphatic hydroxyl groups is 4. The molecular formula is C64H93F4IO6. The number of hydrogen-bond donors (Lipinski definition) is 6. The van der Waals surface area contributed by atoms with Crippen LogP contribution in [-0.2, 0) is 0 Å². The topological polar surface area (TPSA) is 121 Å². The molecule has 0 aliphatic heterocycles. The lowest BCUT2D eigenvalue weighted by Crippen LogP contribution is -2.62. The fraction of sp³-hybridized carbons (Fsp3) is 0.750. The third-order valence-corrected chi connectivity index (χ3v) is 24.3. The Morgan fingerprint density at radius 1 is 0.560 bits per heavy atom. The Morgan fingerprint density at radius 2 is 0.933 bits per heavy atom. The first-order valence-corrected chi connectivity index (χ1v) is 30.5. The van der Waals surface area contributed by atoms with E-state index >= 15 is 0 Å². The van der Waals surface area contributed by atoms with Gasteiger partial charge in [-0.1, -0.05) is 86.5 Å². The lowest BCUT2D eigenvalue weighted by Gasteiger charge is -2.64. The van der Waals surface area contributed by atoms with Crippen molar-refractivity contribution < 1.29 is 48.2 Å². The SMILES string of the molecule is C=CC[C@@H](C)[C@H]1CC[C@H]2[C@@H]3[C@H](O)[C@H](CC)[C@@H]4C[C@H](O)CC[C@]4(C)[C@H]3CC[C@]12C.CC[C@H]1[C@@H](O)[C@@H]2[C@H](CC[C@]3(C)[C@@H]([C@H](C)C/C=C/c4cc(F)c(O)c(F)c4)CC[C@@H]23)[C@@]2(C)CC[C@@H](O)C[C@@H]12.Oc1c(F)cc(I)cc1F. The van der Waals surface area contributed by atoms with Crippen LogP contribution in [0.2, 0.25) is 0 Å². The summed E-state index contributed by atoms with van der Waals surface area (Å²) in [5.41, 5.74) is 1.54. The van der Waals surface area contributed by atoms with Crippen LogP contribution in [0.5, 0.6) is 11.5 Å². The first-order valence-electron chi connectivity index (χ1n) is 29.4. The van der Waals surface area contributed by atoms with Crippen molar-refractivity contribution in [1.82, 2.24) is 0 Å². The van der Waals surface area contributed by atoms with Crippen molar-refractivity contribution in [2.24, 2.45) is 105 Å². The Kier molecular flexibility index (Phi) is 18.2. The van der Waals surface area contributed by atoms with Crippen LogP contribution < -0.4 is 0 Å². The molecular weight excluding hydrogens is 1070 g/mol. The number of phenols is 2. The minimum absolute atomic E-state index is 0.152. The molecule has 22 atom stereocenters. The van der Waals surface area contributed by atoms with E-state index in [9.17, 15) is 43.1 Å². The Morgan fingerprint density at radius 3 is 1.33 bits per heavy atom. The van der Waals surface area contributed by atoms with Gasteiger partial charge in [0.1, 0.15) is 0 Å². The van der Waals surface area contributed by atoms with Gasteiger partial charge in [-0.2, -0.15) is 0 Å². The normalized spacial score (nSPS) is 43.5. The van der Waals surface area contributed by atoms with Crippen LogP contribution in [0.4, 0.5) is 17.6 Å². The van der Waals surface area contributed by atoms with Gasteiger partial charge >= 0.3 is 0 Å². The zero-order valence-electron chi connectivity index (χ0n) is 46.4. The summed E-state index contributed by atoms with van der Waals surface area (Å²) in [6, 6.07) is 4.44. The van der Waals surface area contributed by atoms with Crippen LogP contribution in [-0.4, -0.2) is 55.1 Å². The van der Waals surface area contributed by atoms with Gasteiger partial charge in [0.05, 0.1) is 24.4 Å². The molecule has 2 aromatic rings. The first kappa shape index (κ1) is 58.9. The summed E-state index contributed by atoms with van der Waals surface area (Å²) in [7, 11) is 0. The highest BCUT2D eigenvalue weighted by molar-refractivity contribution is 14.1. The number of rotatable bonds is 9. The van der Waals surface area contributed by atoms with Crippen LogP contribution in [0.15, 0.2) is 43.0 Å². The Balaban J connectivity index is 0.000000172. The summed E-state index contributed by atoms with van der Waals surface area (Å²) in [5, 5.41) is 62.4. The molecule has 0 saturated heterocycles. The fourth-order valence-electron chi connectivity index (χ4n) is 20.1. The van der Waals surface area contributed by atoms with Crippen LogP contribution in [0.25, 0.3) is 6.08 Å².